The first-order valence-electron chi connectivity index (χ1n) is 10.3. The van der Waals surface area contributed by atoms with E-state index >= 15 is 0 Å². The van der Waals surface area contributed by atoms with Gasteiger partial charge >= 0.3 is 11.9 Å². The molecule has 0 saturated carbocycles. The number of methoxy groups -OCH3 is 2. The molecule has 0 aromatic heterocycles. The van der Waals surface area contributed by atoms with Crippen molar-refractivity contribution < 1.29 is 24.2 Å². The second-order valence-electron chi connectivity index (χ2n) is 7.21. The van der Waals surface area contributed by atoms with E-state index in [1.165, 1.54) is 14.2 Å². The normalized spacial score (nSPS) is 12.6. The highest BCUT2D eigenvalue weighted by Gasteiger charge is 2.15. The predicted octanol–water partition coefficient (Wildman–Crippen LogP) is 0.829. The molecule has 0 saturated heterocycles. The Labute approximate surface area is 170 Å². The predicted molar refractivity (Wildman–Crippen MR) is 110 cm³/mol. The van der Waals surface area contributed by atoms with Crippen LogP contribution >= 0.6 is 0 Å². The number of rotatable bonds is 17. The molecule has 8 heteroatoms. The fourth-order valence-electron chi connectivity index (χ4n) is 3.14. The van der Waals surface area contributed by atoms with Gasteiger partial charge < -0.3 is 14.6 Å². The maximum Gasteiger partial charge on any atom is 0.319 e. The maximum absolute atomic E-state index is 11.6. The third-order valence-corrected chi connectivity index (χ3v) is 4.44. The van der Waals surface area contributed by atoms with Crippen LogP contribution in [0.25, 0.3) is 0 Å². The molecule has 0 rings (SSSR count). The molecule has 0 aromatic carbocycles. The molecule has 0 spiro atoms. The molecular weight excluding hydrogens is 362 g/mol. The zero-order chi connectivity index (χ0) is 21.4. The van der Waals surface area contributed by atoms with Crippen molar-refractivity contribution in [2.24, 2.45) is 0 Å². The van der Waals surface area contributed by atoms with Gasteiger partial charge in [0.2, 0.25) is 0 Å². The van der Waals surface area contributed by atoms with Crippen LogP contribution in [0.3, 0.4) is 0 Å². The quantitative estimate of drug-likeness (QED) is 0.358. The molecule has 0 amide bonds. The summed E-state index contributed by atoms with van der Waals surface area (Å²) >= 11 is 0. The lowest BCUT2D eigenvalue weighted by Crippen LogP contribution is -2.42. The molecule has 0 heterocycles. The van der Waals surface area contributed by atoms with E-state index < -0.39 is 6.10 Å². The van der Waals surface area contributed by atoms with Crippen molar-refractivity contribution in [1.29, 1.82) is 0 Å². The van der Waals surface area contributed by atoms with Crippen LogP contribution in [-0.2, 0) is 19.1 Å². The molecular formula is C20H41N3O5. The van der Waals surface area contributed by atoms with Gasteiger partial charge in [-0.2, -0.15) is 0 Å². The second kappa shape index (κ2) is 16.7. The minimum Gasteiger partial charge on any atom is -0.468 e. The number of hydrogen-bond acceptors (Lipinski definition) is 8. The smallest absolute Gasteiger partial charge is 0.319 e. The Kier molecular flexibility index (Phi) is 16.0. The zero-order valence-electron chi connectivity index (χ0n) is 18.5. The summed E-state index contributed by atoms with van der Waals surface area (Å²) in [4.78, 5) is 29.5. The third kappa shape index (κ3) is 13.9. The largest absolute Gasteiger partial charge is 0.468 e. The summed E-state index contributed by atoms with van der Waals surface area (Å²) in [6, 6.07) is 0. The van der Waals surface area contributed by atoms with E-state index in [1.807, 2.05) is 0 Å². The van der Waals surface area contributed by atoms with E-state index in [0.29, 0.717) is 13.1 Å². The number of aliphatic hydroxyl groups is 1. The molecule has 0 aromatic rings. The fourth-order valence-corrected chi connectivity index (χ4v) is 3.14. The summed E-state index contributed by atoms with van der Waals surface area (Å²) in [5, 5.41) is 9.82. The van der Waals surface area contributed by atoms with Crippen LogP contribution in [-0.4, -0.2) is 111 Å². The molecule has 0 aliphatic heterocycles. The first-order valence-corrected chi connectivity index (χ1v) is 10.3. The molecule has 0 fully saturated rings. The van der Waals surface area contributed by atoms with E-state index in [9.17, 15) is 14.7 Å². The van der Waals surface area contributed by atoms with Gasteiger partial charge in [0.15, 0.2) is 0 Å². The Morgan fingerprint density at radius 3 is 1.64 bits per heavy atom. The number of carbonyl (C=O) groups excluding carboxylic acids is 2. The number of esters is 2. The highest BCUT2D eigenvalue weighted by atomic mass is 16.5. The number of nitrogens with zero attached hydrogens (tertiary/aromatic N) is 3. The van der Waals surface area contributed by atoms with Crippen LogP contribution in [0.15, 0.2) is 0 Å². The molecule has 1 N–H and O–H groups in total. The van der Waals surface area contributed by atoms with Crippen LogP contribution in [0.4, 0.5) is 0 Å². The minimum absolute atomic E-state index is 0.215. The van der Waals surface area contributed by atoms with Crippen LogP contribution in [0, 0.1) is 0 Å². The highest BCUT2D eigenvalue weighted by Crippen LogP contribution is 2.02. The lowest BCUT2D eigenvalue weighted by molar-refractivity contribution is -0.142. The van der Waals surface area contributed by atoms with Crippen molar-refractivity contribution in [3.63, 3.8) is 0 Å². The van der Waals surface area contributed by atoms with E-state index in [0.717, 1.165) is 58.5 Å². The summed E-state index contributed by atoms with van der Waals surface area (Å²) < 4.78 is 9.54. The summed E-state index contributed by atoms with van der Waals surface area (Å²) in [7, 11) is 2.82. The summed E-state index contributed by atoms with van der Waals surface area (Å²) in [5.74, 6) is -0.444. The number of hydrogen-bond donors (Lipinski definition) is 1. The summed E-state index contributed by atoms with van der Waals surface area (Å²) in [6.07, 6.45) is 2.43. The average Bonchev–Trinajstić information content (AvgIpc) is 2.65. The van der Waals surface area contributed by atoms with Gasteiger partial charge in [0.1, 0.15) is 0 Å². The molecule has 1 atom stereocenters. The Bertz CT molecular complexity index is 421. The van der Waals surface area contributed by atoms with E-state index in [1.54, 1.807) is 6.92 Å². The Balaban J connectivity index is 4.58. The van der Waals surface area contributed by atoms with Gasteiger partial charge in [0.05, 0.1) is 33.4 Å². The van der Waals surface area contributed by atoms with Crippen molar-refractivity contribution in [2.75, 3.05) is 73.1 Å². The number of aliphatic hydroxyl groups excluding tert-OH is 1. The Morgan fingerprint density at radius 2 is 1.21 bits per heavy atom. The second-order valence-corrected chi connectivity index (χ2v) is 7.21. The standard InChI is InChI=1S/C20H41N3O5/c1-6-9-21(16-19(25)27-4)11-8-12-23(15-18(3)24)14-13-22(10-7-2)17-20(26)28-5/h18,24H,6-17H2,1-5H3. The Morgan fingerprint density at radius 1 is 0.786 bits per heavy atom. The molecule has 1 unspecified atom stereocenters. The van der Waals surface area contributed by atoms with Crippen LogP contribution < -0.4 is 0 Å². The monoisotopic (exact) mass is 403 g/mol. The lowest BCUT2D eigenvalue weighted by Gasteiger charge is -2.29. The molecule has 28 heavy (non-hydrogen) atoms. The molecule has 0 radical (unpaired) electrons. The van der Waals surface area contributed by atoms with Gasteiger partial charge in [-0.15, -0.1) is 0 Å². The summed E-state index contributed by atoms with van der Waals surface area (Å²) in [6.45, 7) is 12.0. The van der Waals surface area contributed by atoms with Crippen LogP contribution in [0.1, 0.15) is 40.0 Å². The van der Waals surface area contributed by atoms with Crippen molar-refractivity contribution in [3.8, 4) is 0 Å². The van der Waals surface area contributed by atoms with Gasteiger partial charge in [0.25, 0.3) is 0 Å². The first kappa shape index (κ1) is 26.8. The van der Waals surface area contributed by atoms with Gasteiger partial charge in [-0.05, 0) is 52.4 Å². The van der Waals surface area contributed by atoms with Gasteiger partial charge in [-0.1, -0.05) is 13.8 Å². The van der Waals surface area contributed by atoms with Gasteiger partial charge in [0, 0.05) is 19.6 Å². The molecule has 0 aliphatic rings. The number of carbonyl (C=O) groups is 2. The number of ether oxygens (including phenoxy) is 2. The molecule has 8 nitrogen and oxygen atoms in total. The summed E-state index contributed by atoms with van der Waals surface area (Å²) in [5.41, 5.74) is 0. The minimum atomic E-state index is -0.415. The Hall–Kier alpha value is -1.22. The highest BCUT2D eigenvalue weighted by molar-refractivity contribution is 5.71. The average molecular weight is 404 g/mol. The van der Waals surface area contributed by atoms with E-state index in [4.69, 9.17) is 9.47 Å². The van der Waals surface area contributed by atoms with Crippen molar-refractivity contribution >= 4 is 11.9 Å². The van der Waals surface area contributed by atoms with Crippen molar-refractivity contribution in [3.05, 3.63) is 0 Å². The zero-order valence-corrected chi connectivity index (χ0v) is 18.5. The molecule has 166 valence electrons. The first-order chi connectivity index (χ1) is 13.4. The van der Waals surface area contributed by atoms with Crippen LogP contribution in [0.2, 0.25) is 0 Å². The van der Waals surface area contributed by atoms with Crippen molar-refractivity contribution in [1.82, 2.24) is 14.7 Å². The SMILES string of the molecule is CCCN(CCCN(CCN(CCC)CC(=O)OC)CC(C)O)CC(=O)OC. The van der Waals surface area contributed by atoms with E-state index in [2.05, 4.69) is 28.5 Å². The lowest BCUT2D eigenvalue weighted by atomic mass is 10.2. The fraction of sp³-hybridized carbons (Fsp3) is 0.900. The van der Waals surface area contributed by atoms with Crippen LogP contribution in [0.5, 0.6) is 0 Å². The molecule has 0 bridgehead atoms. The van der Waals surface area contributed by atoms with Crippen molar-refractivity contribution in [2.45, 2.75) is 46.1 Å². The van der Waals surface area contributed by atoms with Gasteiger partial charge in [-0.3, -0.25) is 24.3 Å². The van der Waals surface area contributed by atoms with E-state index in [-0.39, 0.29) is 18.5 Å². The third-order valence-electron chi connectivity index (χ3n) is 4.44. The maximum atomic E-state index is 11.6. The topological polar surface area (TPSA) is 82.5 Å². The molecule has 0 aliphatic carbocycles. The van der Waals surface area contributed by atoms with Gasteiger partial charge in [-0.25, -0.2) is 0 Å².